The second-order valence-corrected chi connectivity index (χ2v) is 2.73. The van der Waals surface area contributed by atoms with E-state index in [4.69, 9.17) is 16.7 Å². The molecule has 0 aliphatic rings. The van der Waals surface area contributed by atoms with Gasteiger partial charge >= 0.3 is 6.36 Å². The van der Waals surface area contributed by atoms with E-state index < -0.39 is 12.1 Å². The van der Waals surface area contributed by atoms with Gasteiger partial charge in [0.25, 0.3) is 0 Å². The van der Waals surface area contributed by atoms with Crippen molar-refractivity contribution in [3.63, 3.8) is 0 Å². The van der Waals surface area contributed by atoms with E-state index in [1.807, 2.05) is 0 Å². The fourth-order valence-electron chi connectivity index (χ4n) is 1.07. The van der Waals surface area contributed by atoms with Crippen LogP contribution >= 0.6 is 0 Å². The smallest absolute Gasteiger partial charge is 0.404 e. The van der Waals surface area contributed by atoms with Gasteiger partial charge in [-0.15, -0.1) is 13.2 Å². The molecule has 86 valence electrons. The van der Waals surface area contributed by atoms with Crippen LogP contribution in [-0.4, -0.2) is 11.3 Å². The zero-order chi connectivity index (χ0) is 12.3. The van der Waals surface area contributed by atoms with Crippen molar-refractivity contribution in [3.8, 4) is 11.8 Å². The molecule has 5 nitrogen and oxygen atoms in total. The topological polar surface area (TPSA) is 97.9 Å². The van der Waals surface area contributed by atoms with Crippen molar-refractivity contribution in [2.45, 2.75) is 12.9 Å². The van der Waals surface area contributed by atoms with E-state index in [1.54, 1.807) is 6.07 Å². The van der Waals surface area contributed by atoms with Crippen LogP contribution in [0.25, 0.3) is 0 Å². The quantitative estimate of drug-likeness (QED) is 0.789. The SMILES string of the molecule is N#Cc1c(OC(F)(F)F)cc(N)nc1CN. The van der Waals surface area contributed by atoms with Crippen molar-refractivity contribution in [2.75, 3.05) is 5.73 Å². The summed E-state index contributed by atoms with van der Waals surface area (Å²) < 4.78 is 39.7. The van der Waals surface area contributed by atoms with Gasteiger partial charge in [-0.3, -0.25) is 0 Å². The van der Waals surface area contributed by atoms with E-state index in [1.165, 1.54) is 0 Å². The molecule has 1 aromatic rings. The Morgan fingerprint density at radius 3 is 2.56 bits per heavy atom. The van der Waals surface area contributed by atoms with E-state index in [-0.39, 0.29) is 23.6 Å². The summed E-state index contributed by atoms with van der Waals surface area (Å²) in [6.45, 7) is -0.206. The first-order valence-corrected chi connectivity index (χ1v) is 4.02. The molecule has 8 heteroatoms. The third-order valence-corrected chi connectivity index (χ3v) is 1.61. The number of halogens is 3. The normalized spacial score (nSPS) is 10.9. The number of alkyl halides is 3. The molecule has 4 N–H and O–H groups in total. The second-order valence-electron chi connectivity index (χ2n) is 2.73. The van der Waals surface area contributed by atoms with Crippen LogP contribution in [0.5, 0.6) is 5.75 Å². The van der Waals surface area contributed by atoms with Crippen LogP contribution in [0.3, 0.4) is 0 Å². The summed E-state index contributed by atoms with van der Waals surface area (Å²) in [5.41, 5.74) is 10.1. The Hall–Kier alpha value is -2.01. The number of pyridine rings is 1. The van der Waals surface area contributed by atoms with Crippen LogP contribution in [-0.2, 0) is 6.54 Å². The molecule has 0 atom stereocenters. The molecule has 0 aromatic carbocycles. The van der Waals surface area contributed by atoms with Gasteiger partial charge in [-0.2, -0.15) is 5.26 Å². The van der Waals surface area contributed by atoms with E-state index in [9.17, 15) is 13.2 Å². The van der Waals surface area contributed by atoms with Crippen molar-refractivity contribution in [3.05, 3.63) is 17.3 Å². The summed E-state index contributed by atoms with van der Waals surface area (Å²) >= 11 is 0. The van der Waals surface area contributed by atoms with E-state index in [2.05, 4.69) is 9.72 Å². The molecule has 0 amide bonds. The lowest BCUT2D eigenvalue weighted by molar-refractivity contribution is -0.274. The lowest BCUT2D eigenvalue weighted by atomic mass is 10.2. The van der Waals surface area contributed by atoms with Crippen molar-refractivity contribution in [2.24, 2.45) is 5.73 Å². The van der Waals surface area contributed by atoms with Crippen molar-refractivity contribution >= 4 is 5.82 Å². The minimum atomic E-state index is -4.90. The summed E-state index contributed by atoms with van der Waals surface area (Å²) in [5.74, 6) is -0.887. The molecule has 0 radical (unpaired) electrons. The first-order valence-electron chi connectivity index (χ1n) is 4.02. The van der Waals surface area contributed by atoms with Gasteiger partial charge in [0.15, 0.2) is 5.75 Å². The molecule has 0 saturated heterocycles. The average molecular weight is 232 g/mol. The fraction of sp³-hybridized carbons (Fsp3) is 0.250. The van der Waals surface area contributed by atoms with Crippen LogP contribution in [0, 0.1) is 11.3 Å². The molecular formula is C8H7F3N4O. The average Bonchev–Trinajstić information content (AvgIpc) is 2.14. The lowest BCUT2D eigenvalue weighted by Gasteiger charge is -2.12. The first kappa shape index (κ1) is 12.1. The molecule has 0 bridgehead atoms. The highest BCUT2D eigenvalue weighted by molar-refractivity contribution is 5.52. The molecule has 0 spiro atoms. The Morgan fingerprint density at radius 2 is 2.12 bits per heavy atom. The van der Waals surface area contributed by atoms with Gasteiger partial charge < -0.3 is 16.2 Å². The molecule has 0 aliphatic carbocycles. The van der Waals surface area contributed by atoms with E-state index in [0.717, 1.165) is 6.07 Å². The van der Waals surface area contributed by atoms with Crippen molar-refractivity contribution in [1.29, 1.82) is 5.26 Å². The predicted molar refractivity (Wildman–Crippen MR) is 47.9 cm³/mol. The molecule has 0 saturated carbocycles. The van der Waals surface area contributed by atoms with Crippen molar-refractivity contribution < 1.29 is 17.9 Å². The number of nitriles is 1. The van der Waals surface area contributed by atoms with Crippen molar-refractivity contribution in [1.82, 2.24) is 4.98 Å². The Morgan fingerprint density at radius 1 is 1.50 bits per heavy atom. The van der Waals surface area contributed by atoms with Gasteiger partial charge in [0, 0.05) is 12.6 Å². The summed E-state index contributed by atoms with van der Waals surface area (Å²) in [7, 11) is 0. The Kier molecular flexibility index (Phi) is 3.20. The fourth-order valence-corrected chi connectivity index (χ4v) is 1.07. The van der Waals surface area contributed by atoms with Crippen LogP contribution in [0.4, 0.5) is 19.0 Å². The molecule has 0 unspecified atom stereocenters. The zero-order valence-corrected chi connectivity index (χ0v) is 7.88. The van der Waals surface area contributed by atoms with Crippen LogP contribution in [0.2, 0.25) is 0 Å². The minimum Gasteiger partial charge on any atom is -0.404 e. The molecular weight excluding hydrogens is 225 g/mol. The lowest BCUT2D eigenvalue weighted by Crippen LogP contribution is -2.19. The van der Waals surface area contributed by atoms with Gasteiger partial charge in [0.1, 0.15) is 17.5 Å². The number of hydrogen-bond acceptors (Lipinski definition) is 5. The summed E-state index contributed by atoms with van der Waals surface area (Å²) in [4.78, 5) is 3.64. The zero-order valence-electron chi connectivity index (χ0n) is 7.88. The van der Waals surface area contributed by atoms with Gasteiger partial charge in [-0.1, -0.05) is 0 Å². The molecule has 1 aromatic heterocycles. The number of rotatable bonds is 2. The number of aromatic nitrogens is 1. The largest absolute Gasteiger partial charge is 0.573 e. The highest BCUT2D eigenvalue weighted by Crippen LogP contribution is 2.28. The summed E-state index contributed by atoms with van der Waals surface area (Å²) in [5, 5.41) is 8.68. The maximum Gasteiger partial charge on any atom is 0.573 e. The van der Waals surface area contributed by atoms with Gasteiger partial charge in [-0.05, 0) is 0 Å². The van der Waals surface area contributed by atoms with Gasteiger partial charge in [0.05, 0.1) is 5.69 Å². The monoisotopic (exact) mass is 232 g/mol. The number of anilines is 1. The molecule has 1 heterocycles. The molecule has 0 aliphatic heterocycles. The third kappa shape index (κ3) is 2.74. The summed E-state index contributed by atoms with van der Waals surface area (Å²) in [6, 6.07) is 2.37. The van der Waals surface area contributed by atoms with Gasteiger partial charge in [0.2, 0.25) is 0 Å². The van der Waals surface area contributed by atoms with Gasteiger partial charge in [-0.25, -0.2) is 4.98 Å². The highest BCUT2D eigenvalue weighted by Gasteiger charge is 2.33. The maximum absolute atomic E-state index is 12.0. The number of nitrogens with zero attached hydrogens (tertiary/aromatic N) is 2. The predicted octanol–water partition coefficient (Wildman–Crippen LogP) is 0.893. The Labute approximate surface area is 88.4 Å². The van der Waals surface area contributed by atoms with Crippen LogP contribution < -0.4 is 16.2 Å². The molecule has 16 heavy (non-hydrogen) atoms. The highest BCUT2D eigenvalue weighted by atomic mass is 19.4. The first-order chi connectivity index (χ1) is 7.37. The summed E-state index contributed by atoms with van der Waals surface area (Å²) in [6.07, 6.45) is -4.90. The van der Waals surface area contributed by atoms with Crippen LogP contribution in [0.1, 0.15) is 11.3 Å². The standard InChI is InChI=1S/C8H7F3N4O/c9-8(10,11)16-6-1-7(14)15-5(3-13)4(6)2-12/h1H,3,13H2,(H2,14,15). The van der Waals surface area contributed by atoms with E-state index in [0.29, 0.717) is 0 Å². The maximum atomic E-state index is 12.0. The molecule has 1 rings (SSSR count). The van der Waals surface area contributed by atoms with E-state index >= 15 is 0 Å². The third-order valence-electron chi connectivity index (χ3n) is 1.61. The number of hydrogen-bond donors (Lipinski definition) is 2. The Bertz CT molecular complexity index is 438. The number of nitrogens with two attached hydrogens (primary N) is 2. The Balaban J connectivity index is 3.27. The number of nitrogen functional groups attached to an aromatic ring is 1. The molecule has 0 fully saturated rings. The van der Waals surface area contributed by atoms with Crippen LogP contribution in [0.15, 0.2) is 6.07 Å². The minimum absolute atomic E-state index is 0.0400. The number of ether oxygens (including phenoxy) is 1. The second kappa shape index (κ2) is 4.24.